The molecule has 0 fully saturated rings. The molecule has 0 spiro atoms. The van der Waals surface area contributed by atoms with Gasteiger partial charge < -0.3 is 16.2 Å². The first kappa shape index (κ1) is 12.7. The summed E-state index contributed by atoms with van der Waals surface area (Å²) in [5, 5.41) is 0. The minimum Gasteiger partial charge on any atom is -0.406 e. The predicted octanol–water partition coefficient (Wildman–Crippen LogP) is 1.00. The van der Waals surface area contributed by atoms with Gasteiger partial charge in [0.1, 0.15) is 5.75 Å². The normalized spacial score (nSPS) is 10.3. The van der Waals surface area contributed by atoms with Crippen molar-refractivity contribution in [1.29, 1.82) is 0 Å². The van der Waals surface area contributed by atoms with Gasteiger partial charge in [-0.25, -0.2) is 0 Å². The van der Waals surface area contributed by atoms with Gasteiger partial charge in [0.05, 0.1) is 5.56 Å². The average molecular weight is 244 g/mol. The smallest absolute Gasteiger partial charge is 0.406 e. The summed E-state index contributed by atoms with van der Waals surface area (Å²) < 4.78 is 39.4. The number of nitrogens with two attached hydrogens (primary N) is 2. The number of anilines is 1. The number of halogens is 3. The van der Waals surface area contributed by atoms with Crippen LogP contribution in [0.4, 0.5) is 18.9 Å². The van der Waals surface area contributed by atoms with Crippen molar-refractivity contribution >= 4 is 11.6 Å². The molecule has 4 N–H and O–H groups in total. The number of benzene rings is 1. The van der Waals surface area contributed by atoms with Crippen LogP contribution < -0.4 is 16.2 Å². The van der Waals surface area contributed by atoms with E-state index < -0.39 is 18.0 Å². The third kappa shape index (κ3) is 4.34. The van der Waals surface area contributed by atoms with E-state index in [2.05, 4.69) is 10.7 Å². The van der Waals surface area contributed by atoms with E-state index in [9.17, 15) is 18.0 Å². The lowest BCUT2D eigenvalue weighted by atomic mass is 10.2. The molecule has 0 unspecified atom stereocenters. The fourth-order valence-corrected chi connectivity index (χ4v) is 0.970. The van der Waals surface area contributed by atoms with Crippen LogP contribution in [0.2, 0.25) is 0 Å². The van der Waals surface area contributed by atoms with Crippen LogP contribution >= 0.6 is 0 Å². The molecule has 90 valence electrons. The Kier molecular flexibility index (Phi) is 3.48. The van der Waals surface area contributed by atoms with Crippen molar-refractivity contribution in [3.63, 3.8) is 0 Å². The Hall–Kier alpha value is -2.36. The fourth-order valence-electron chi connectivity index (χ4n) is 0.970. The van der Waals surface area contributed by atoms with Crippen LogP contribution in [-0.4, -0.2) is 12.3 Å². The second-order valence-corrected chi connectivity index (χ2v) is 2.91. The summed E-state index contributed by atoms with van der Waals surface area (Å²) in [5.41, 5.74) is 10.4. The first-order chi connectivity index (χ1) is 7.78. The number of amides is 1. The van der Waals surface area contributed by atoms with Gasteiger partial charge in [-0.1, -0.05) is 5.92 Å². The van der Waals surface area contributed by atoms with Crippen molar-refractivity contribution in [2.45, 2.75) is 6.36 Å². The highest BCUT2D eigenvalue weighted by Crippen LogP contribution is 2.25. The summed E-state index contributed by atoms with van der Waals surface area (Å²) in [5.74, 6) is 2.82. The molecule has 0 heterocycles. The fraction of sp³-hybridized carbons (Fsp3) is 0.100. The standard InChI is InChI=1S/C10H7F3N2O2/c11-10(12,13)17-7-2-3-8(14)6(5-7)1-4-9(15)16/h2-3,5H,14H2,(H2,15,16). The number of carbonyl (C=O) groups excluding carboxylic acids is 1. The maximum absolute atomic E-state index is 11.9. The largest absolute Gasteiger partial charge is 0.573 e. The van der Waals surface area contributed by atoms with Gasteiger partial charge in [0.15, 0.2) is 0 Å². The van der Waals surface area contributed by atoms with Gasteiger partial charge in [-0.15, -0.1) is 13.2 Å². The van der Waals surface area contributed by atoms with Crippen molar-refractivity contribution < 1.29 is 22.7 Å². The van der Waals surface area contributed by atoms with Crippen molar-refractivity contribution in [1.82, 2.24) is 0 Å². The predicted molar refractivity (Wildman–Crippen MR) is 53.6 cm³/mol. The van der Waals surface area contributed by atoms with Crippen molar-refractivity contribution in [3.8, 4) is 17.6 Å². The number of alkyl halides is 3. The van der Waals surface area contributed by atoms with Gasteiger partial charge in [0.25, 0.3) is 5.91 Å². The zero-order valence-corrected chi connectivity index (χ0v) is 8.34. The van der Waals surface area contributed by atoms with Crippen molar-refractivity contribution in [2.24, 2.45) is 5.73 Å². The Morgan fingerprint density at radius 3 is 2.53 bits per heavy atom. The molecular weight excluding hydrogens is 237 g/mol. The van der Waals surface area contributed by atoms with Crippen LogP contribution in [0.5, 0.6) is 5.75 Å². The van der Waals surface area contributed by atoms with E-state index in [0.29, 0.717) is 0 Å². The summed E-state index contributed by atoms with van der Waals surface area (Å²) in [6.45, 7) is 0. The summed E-state index contributed by atoms with van der Waals surface area (Å²) in [6, 6.07) is 3.20. The third-order valence-electron chi connectivity index (χ3n) is 1.58. The van der Waals surface area contributed by atoms with Crippen LogP contribution in [0, 0.1) is 11.8 Å². The Balaban J connectivity index is 3.04. The zero-order chi connectivity index (χ0) is 13.1. The SMILES string of the molecule is NC(=O)C#Cc1cc(OC(F)(F)F)ccc1N. The highest BCUT2D eigenvalue weighted by molar-refractivity contribution is 5.92. The zero-order valence-electron chi connectivity index (χ0n) is 8.34. The van der Waals surface area contributed by atoms with E-state index in [4.69, 9.17) is 11.5 Å². The Morgan fingerprint density at radius 1 is 1.35 bits per heavy atom. The van der Waals surface area contributed by atoms with Crippen molar-refractivity contribution in [3.05, 3.63) is 23.8 Å². The van der Waals surface area contributed by atoms with E-state index >= 15 is 0 Å². The number of nitrogen functional groups attached to an aromatic ring is 1. The molecule has 1 aromatic rings. The quantitative estimate of drug-likeness (QED) is 0.571. The molecule has 0 aromatic heterocycles. The molecule has 1 rings (SSSR count). The summed E-state index contributed by atoms with van der Waals surface area (Å²) in [7, 11) is 0. The maximum atomic E-state index is 11.9. The molecule has 0 bridgehead atoms. The van der Waals surface area contributed by atoms with E-state index in [-0.39, 0.29) is 11.3 Å². The third-order valence-corrected chi connectivity index (χ3v) is 1.58. The van der Waals surface area contributed by atoms with E-state index in [1.165, 1.54) is 6.07 Å². The van der Waals surface area contributed by atoms with Crippen LogP contribution in [0.15, 0.2) is 18.2 Å². The Morgan fingerprint density at radius 2 is 2.00 bits per heavy atom. The average Bonchev–Trinajstić information content (AvgIpc) is 2.16. The molecule has 1 aromatic carbocycles. The first-order valence-electron chi connectivity index (χ1n) is 4.24. The molecule has 0 aliphatic rings. The minimum atomic E-state index is -4.80. The Bertz CT molecular complexity index is 500. The number of hydrogen-bond donors (Lipinski definition) is 2. The molecular formula is C10H7F3N2O2. The molecule has 1 amide bonds. The van der Waals surface area contributed by atoms with Crippen LogP contribution in [0.3, 0.4) is 0 Å². The highest BCUT2D eigenvalue weighted by Gasteiger charge is 2.31. The summed E-state index contributed by atoms with van der Waals surface area (Å²) in [6.07, 6.45) is -4.80. The number of primary amides is 1. The highest BCUT2D eigenvalue weighted by atomic mass is 19.4. The van der Waals surface area contributed by atoms with Gasteiger partial charge in [-0.3, -0.25) is 4.79 Å². The van der Waals surface area contributed by atoms with Gasteiger partial charge >= 0.3 is 6.36 Å². The Labute approximate surface area is 94.3 Å². The van der Waals surface area contributed by atoms with Gasteiger partial charge in [-0.2, -0.15) is 0 Å². The van der Waals surface area contributed by atoms with Crippen LogP contribution in [-0.2, 0) is 4.79 Å². The van der Waals surface area contributed by atoms with Crippen LogP contribution in [0.25, 0.3) is 0 Å². The number of carbonyl (C=O) groups is 1. The molecule has 0 saturated carbocycles. The van der Waals surface area contributed by atoms with Crippen LogP contribution in [0.1, 0.15) is 5.56 Å². The molecule has 0 saturated heterocycles. The molecule has 4 nitrogen and oxygen atoms in total. The second-order valence-electron chi connectivity index (χ2n) is 2.91. The van der Waals surface area contributed by atoms with Crippen molar-refractivity contribution in [2.75, 3.05) is 5.73 Å². The topological polar surface area (TPSA) is 78.3 Å². The molecule has 0 aliphatic carbocycles. The van der Waals surface area contributed by atoms with Gasteiger partial charge in [0, 0.05) is 11.6 Å². The minimum absolute atomic E-state index is 0.0329. The number of hydrogen-bond acceptors (Lipinski definition) is 3. The molecule has 7 heteroatoms. The monoisotopic (exact) mass is 244 g/mol. The van der Waals surface area contributed by atoms with E-state index in [1.807, 2.05) is 5.92 Å². The summed E-state index contributed by atoms with van der Waals surface area (Å²) >= 11 is 0. The van der Waals surface area contributed by atoms with Gasteiger partial charge in [-0.05, 0) is 18.2 Å². The lowest BCUT2D eigenvalue weighted by Gasteiger charge is -2.09. The number of ether oxygens (including phenoxy) is 1. The molecule has 0 atom stereocenters. The lowest BCUT2D eigenvalue weighted by Crippen LogP contribution is -2.17. The first-order valence-corrected chi connectivity index (χ1v) is 4.24. The van der Waals surface area contributed by atoms with E-state index in [1.54, 1.807) is 0 Å². The summed E-state index contributed by atoms with van der Waals surface area (Å²) in [4.78, 5) is 10.4. The van der Waals surface area contributed by atoms with E-state index in [0.717, 1.165) is 12.1 Å². The molecule has 17 heavy (non-hydrogen) atoms. The maximum Gasteiger partial charge on any atom is 0.573 e. The lowest BCUT2D eigenvalue weighted by molar-refractivity contribution is -0.274. The second kappa shape index (κ2) is 4.65. The molecule has 0 aliphatic heterocycles. The number of rotatable bonds is 1. The van der Waals surface area contributed by atoms with Gasteiger partial charge in [0.2, 0.25) is 0 Å². The molecule has 0 radical (unpaired) electrons.